The van der Waals surface area contributed by atoms with Gasteiger partial charge in [-0.25, -0.2) is 0 Å². The first kappa shape index (κ1) is 11.4. The summed E-state index contributed by atoms with van der Waals surface area (Å²) in [6.07, 6.45) is 0. The van der Waals surface area contributed by atoms with Crippen LogP contribution in [0.2, 0.25) is 0 Å². The van der Waals surface area contributed by atoms with E-state index in [2.05, 4.69) is 0 Å². The van der Waals surface area contributed by atoms with Crippen molar-refractivity contribution >= 4 is 13.0 Å². The standard InChI is InChI=1S/C12H12BNO3/c14-11-8-4-5-9-12(11)17-13(15)16-10-6-2-1-3-7-10/h1-9,15H,14H2. The molecule has 5 heteroatoms. The van der Waals surface area contributed by atoms with Crippen molar-refractivity contribution in [2.24, 2.45) is 0 Å². The van der Waals surface area contributed by atoms with E-state index in [1.54, 1.807) is 48.5 Å². The Morgan fingerprint density at radius 3 is 2.24 bits per heavy atom. The summed E-state index contributed by atoms with van der Waals surface area (Å²) in [4.78, 5) is 0. The fourth-order valence-electron chi connectivity index (χ4n) is 1.34. The number of benzene rings is 2. The molecule has 2 aromatic rings. The van der Waals surface area contributed by atoms with Crippen LogP contribution in [0.5, 0.6) is 11.5 Å². The second-order valence-electron chi connectivity index (χ2n) is 3.39. The Balaban J connectivity index is 1.98. The van der Waals surface area contributed by atoms with Crippen LogP contribution in [0.1, 0.15) is 0 Å². The fourth-order valence-corrected chi connectivity index (χ4v) is 1.34. The molecular formula is C12H12BNO3. The molecule has 0 unspecified atom stereocenters. The van der Waals surface area contributed by atoms with Crippen LogP contribution in [-0.2, 0) is 0 Å². The van der Waals surface area contributed by atoms with Crippen LogP contribution >= 0.6 is 0 Å². The Labute approximate surface area is 99.8 Å². The van der Waals surface area contributed by atoms with Gasteiger partial charge in [-0.3, -0.25) is 0 Å². The van der Waals surface area contributed by atoms with E-state index in [0.29, 0.717) is 17.2 Å². The summed E-state index contributed by atoms with van der Waals surface area (Å²) in [5.74, 6) is 0.908. The van der Waals surface area contributed by atoms with E-state index in [-0.39, 0.29) is 0 Å². The average Bonchev–Trinajstić information content (AvgIpc) is 2.33. The van der Waals surface area contributed by atoms with Crippen molar-refractivity contribution in [3.63, 3.8) is 0 Å². The molecular weight excluding hydrogens is 217 g/mol. The average molecular weight is 229 g/mol. The molecule has 0 fully saturated rings. The molecule has 0 aromatic heterocycles. The summed E-state index contributed by atoms with van der Waals surface area (Å²) in [7, 11) is -1.39. The molecule has 3 N–H and O–H groups in total. The van der Waals surface area contributed by atoms with E-state index in [1.807, 2.05) is 6.07 Å². The molecule has 0 aliphatic carbocycles. The van der Waals surface area contributed by atoms with Crippen molar-refractivity contribution in [2.45, 2.75) is 0 Å². The number of anilines is 1. The topological polar surface area (TPSA) is 64.7 Å². The molecule has 0 saturated carbocycles. The van der Waals surface area contributed by atoms with Crippen molar-refractivity contribution in [2.75, 3.05) is 5.73 Å². The zero-order valence-corrected chi connectivity index (χ0v) is 9.11. The predicted octanol–water partition coefficient (Wildman–Crippen LogP) is 1.70. The van der Waals surface area contributed by atoms with Gasteiger partial charge in [0, 0.05) is 0 Å². The summed E-state index contributed by atoms with van der Waals surface area (Å²) in [5, 5.41) is 9.58. The van der Waals surface area contributed by atoms with E-state index in [4.69, 9.17) is 15.0 Å². The smallest absolute Gasteiger partial charge is 0.501 e. The van der Waals surface area contributed by atoms with Gasteiger partial charge >= 0.3 is 7.32 Å². The highest BCUT2D eigenvalue weighted by atomic mass is 16.7. The Bertz CT molecular complexity index is 478. The molecule has 0 aliphatic rings. The van der Waals surface area contributed by atoms with E-state index in [9.17, 15) is 5.02 Å². The van der Waals surface area contributed by atoms with Crippen molar-refractivity contribution in [1.82, 2.24) is 0 Å². The number of nitrogen functional groups attached to an aromatic ring is 1. The number of nitrogens with two attached hydrogens (primary N) is 1. The lowest BCUT2D eigenvalue weighted by Crippen LogP contribution is -2.29. The number of hydrogen-bond acceptors (Lipinski definition) is 4. The van der Waals surface area contributed by atoms with Gasteiger partial charge in [0.1, 0.15) is 11.5 Å². The molecule has 0 atom stereocenters. The van der Waals surface area contributed by atoms with Crippen LogP contribution < -0.4 is 15.0 Å². The second kappa shape index (κ2) is 5.27. The third kappa shape index (κ3) is 3.16. The van der Waals surface area contributed by atoms with E-state index in [1.165, 1.54) is 0 Å². The quantitative estimate of drug-likeness (QED) is 0.618. The maximum atomic E-state index is 9.58. The van der Waals surface area contributed by atoms with Crippen molar-refractivity contribution in [1.29, 1.82) is 0 Å². The SMILES string of the molecule is Nc1ccccc1OB(O)Oc1ccccc1. The first-order valence-corrected chi connectivity index (χ1v) is 5.16. The third-order valence-corrected chi connectivity index (χ3v) is 2.13. The van der Waals surface area contributed by atoms with Crippen LogP contribution in [0.15, 0.2) is 54.6 Å². The molecule has 17 heavy (non-hydrogen) atoms. The Hall–Kier alpha value is -2.14. The van der Waals surface area contributed by atoms with Gasteiger partial charge in [0.15, 0.2) is 0 Å². The van der Waals surface area contributed by atoms with Crippen LogP contribution in [0, 0.1) is 0 Å². The van der Waals surface area contributed by atoms with Gasteiger partial charge in [-0.05, 0) is 24.3 Å². The number of rotatable bonds is 4. The zero-order valence-electron chi connectivity index (χ0n) is 9.11. The molecule has 0 saturated heterocycles. The molecule has 2 aromatic carbocycles. The third-order valence-electron chi connectivity index (χ3n) is 2.13. The highest BCUT2D eigenvalue weighted by Crippen LogP contribution is 2.20. The van der Waals surface area contributed by atoms with E-state index in [0.717, 1.165) is 0 Å². The zero-order chi connectivity index (χ0) is 12.1. The molecule has 4 nitrogen and oxygen atoms in total. The van der Waals surface area contributed by atoms with Crippen molar-refractivity contribution < 1.29 is 14.3 Å². The fraction of sp³-hybridized carbons (Fsp3) is 0. The Morgan fingerprint density at radius 2 is 1.53 bits per heavy atom. The first-order chi connectivity index (χ1) is 8.25. The second-order valence-corrected chi connectivity index (χ2v) is 3.39. The summed E-state index contributed by atoms with van der Waals surface area (Å²) >= 11 is 0. The highest BCUT2D eigenvalue weighted by molar-refractivity contribution is 6.36. The lowest BCUT2D eigenvalue weighted by molar-refractivity contribution is 0.298. The van der Waals surface area contributed by atoms with Gasteiger partial charge in [0.2, 0.25) is 0 Å². The van der Waals surface area contributed by atoms with Gasteiger partial charge < -0.3 is 20.1 Å². The van der Waals surface area contributed by atoms with Crippen LogP contribution in [0.25, 0.3) is 0 Å². The maximum Gasteiger partial charge on any atom is 0.785 e. The van der Waals surface area contributed by atoms with Crippen molar-refractivity contribution in [3.05, 3.63) is 54.6 Å². The number of para-hydroxylation sites is 3. The molecule has 2 rings (SSSR count). The summed E-state index contributed by atoms with van der Waals surface area (Å²) in [5.41, 5.74) is 6.12. The van der Waals surface area contributed by atoms with Crippen molar-refractivity contribution in [3.8, 4) is 11.5 Å². The molecule has 0 amide bonds. The molecule has 0 radical (unpaired) electrons. The summed E-state index contributed by atoms with van der Waals surface area (Å²) < 4.78 is 10.3. The lowest BCUT2D eigenvalue weighted by Gasteiger charge is -2.12. The highest BCUT2D eigenvalue weighted by Gasteiger charge is 2.21. The Morgan fingerprint density at radius 1 is 0.882 bits per heavy atom. The largest absolute Gasteiger partial charge is 0.785 e. The van der Waals surface area contributed by atoms with Crippen LogP contribution in [0.4, 0.5) is 5.69 Å². The van der Waals surface area contributed by atoms with Gasteiger partial charge in [-0.15, -0.1) is 0 Å². The summed E-state index contributed by atoms with van der Waals surface area (Å²) in [6, 6.07) is 15.8. The predicted molar refractivity (Wildman–Crippen MR) is 66.5 cm³/mol. The molecule has 0 aliphatic heterocycles. The van der Waals surface area contributed by atoms with E-state index >= 15 is 0 Å². The monoisotopic (exact) mass is 229 g/mol. The lowest BCUT2D eigenvalue weighted by atomic mass is 10.2. The van der Waals surface area contributed by atoms with Gasteiger partial charge in [0.25, 0.3) is 0 Å². The van der Waals surface area contributed by atoms with Gasteiger partial charge in [-0.1, -0.05) is 30.3 Å². The number of hydrogen-bond donors (Lipinski definition) is 2. The molecule has 0 spiro atoms. The molecule has 86 valence electrons. The maximum absolute atomic E-state index is 9.58. The molecule has 0 bridgehead atoms. The minimum absolute atomic E-state index is 0.385. The molecule has 0 heterocycles. The first-order valence-electron chi connectivity index (χ1n) is 5.16. The van der Waals surface area contributed by atoms with Crippen LogP contribution in [-0.4, -0.2) is 12.3 Å². The van der Waals surface area contributed by atoms with Gasteiger partial charge in [0.05, 0.1) is 5.69 Å². The van der Waals surface area contributed by atoms with Crippen LogP contribution in [0.3, 0.4) is 0 Å². The summed E-state index contributed by atoms with van der Waals surface area (Å²) in [6.45, 7) is 0. The minimum Gasteiger partial charge on any atom is -0.501 e. The minimum atomic E-state index is -1.39. The normalized spacial score (nSPS) is 9.71. The Kier molecular flexibility index (Phi) is 3.52. The van der Waals surface area contributed by atoms with Gasteiger partial charge in [-0.2, -0.15) is 0 Å². The van der Waals surface area contributed by atoms with E-state index < -0.39 is 7.32 Å².